The highest BCUT2D eigenvalue weighted by atomic mass is 32.2. The topological polar surface area (TPSA) is 105 Å². The number of amides is 2. The Labute approximate surface area is 164 Å². The van der Waals surface area contributed by atoms with Crippen LogP contribution >= 0.6 is 0 Å². The molecule has 0 spiro atoms. The average Bonchev–Trinajstić information content (AvgIpc) is 3.01. The van der Waals surface area contributed by atoms with Gasteiger partial charge in [-0.05, 0) is 5.56 Å². The molecular formula is C18H23N5O4S. The summed E-state index contributed by atoms with van der Waals surface area (Å²) in [6.45, 7) is 1.13. The molecule has 0 bridgehead atoms. The quantitative estimate of drug-likeness (QED) is 0.771. The van der Waals surface area contributed by atoms with Crippen molar-refractivity contribution in [3.8, 4) is 0 Å². The van der Waals surface area contributed by atoms with Crippen LogP contribution in [0.15, 0.2) is 36.4 Å². The molecule has 2 aromatic rings. The minimum Gasteiger partial charge on any atom is -0.335 e. The fraction of sp³-hybridized carbons (Fsp3) is 0.389. The van der Waals surface area contributed by atoms with E-state index in [1.807, 2.05) is 30.3 Å². The van der Waals surface area contributed by atoms with Gasteiger partial charge < -0.3 is 10.2 Å². The number of aryl methyl sites for hydroxylation is 1. The lowest BCUT2D eigenvalue weighted by molar-refractivity contribution is -0.115. The van der Waals surface area contributed by atoms with Crippen LogP contribution in [0, 0.1) is 0 Å². The SMILES string of the molecule is Cn1nc(C(=O)N2CCN(S(C)(=O)=O)CC2)cc1NC(=O)Cc1ccccc1. The number of hydrogen-bond donors (Lipinski definition) is 1. The van der Waals surface area contributed by atoms with E-state index in [2.05, 4.69) is 10.4 Å². The van der Waals surface area contributed by atoms with E-state index in [1.165, 1.54) is 15.1 Å². The van der Waals surface area contributed by atoms with Crippen molar-refractivity contribution in [2.75, 3.05) is 37.8 Å². The summed E-state index contributed by atoms with van der Waals surface area (Å²) in [5.74, 6) is -0.0543. The highest BCUT2D eigenvalue weighted by Gasteiger charge is 2.28. The van der Waals surface area contributed by atoms with Crippen LogP contribution in [0.1, 0.15) is 16.1 Å². The van der Waals surface area contributed by atoms with Gasteiger partial charge in [0.1, 0.15) is 5.82 Å². The van der Waals surface area contributed by atoms with Gasteiger partial charge in [-0.15, -0.1) is 0 Å². The van der Waals surface area contributed by atoms with Crippen LogP contribution in [-0.2, 0) is 28.3 Å². The van der Waals surface area contributed by atoms with Crippen molar-refractivity contribution in [1.82, 2.24) is 19.0 Å². The number of rotatable bonds is 5. The summed E-state index contributed by atoms with van der Waals surface area (Å²) < 4.78 is 26.0. The van der Waals surface area contributed by atoms with E-state index in [4.69, 9.17) is 0 Å². The van der Waals surface area contributed by atoms with Gasteiger partial charge in [0.25, 0.3) is 5.91 Å². The fourth-order valence-electron chi connectivity index (χ4n) is 3.04. The zero-order valence-electron chi connectivity index (χ0n) is 15.8. The number of nitrogens with zero attached hydrogens (tertiary/aromatic N) is 4. The number of benzene rings is 1. The Morgan fingerprint density at radius 1 is 1.11 bits per heavy atom. The first-order valence-electron chi connectivity index (χ1n) is 8.86. The normalized spacial score (nSPS) is 15.4. The third kappa shape index (κ3) is 4.76. The first-order chi connectivity index (χ1) is 13.2. The van der Waals surface area contributed by atoms with Crippen molar-refractivity contribution >= 4 is 27.7 Å². The third-order valence-electron chi connectivity index (χ3n) is 4.57. The molecule has 1 aliphatic rings. The Morgan fingerprint density at radius 3 is 2.36 bits per heavy atom. The molecule has 3 rings (SSSR count). The van der Waals surface area contributed by atoms with E-state index >= 15 is 0 Å². The number of aromatic nitrogens is 2. The van der Waals surface area contributed by atoms with Crippen molar-refractivity contribution in [1.29, 1.82) is 0 Å². The van der Waals surface area contributed by atoms with Gasteiger partial charge >= 0.3 is 0 Å². The highest BCUT2D eigenvalue weighted by molar-refractivity contribution is 7.88. The van der Waals surface area contributed by atoms with E-state index in [-0.39, 0.29) is 37.0 Å². The lowest BCUT2D eigenvalue weighted by Gasteiger charge is -2.32. The van der Waals surface area contributed by atoms with Crippen molar-refractivity contribution in [2.24, 2.45) is 7.05 Å². The van der Waals surface area contributed by atoms with Crippen LogP contribution in [0.5, 0.6) is 0 Å². The molecule has 10 heteroatoms. The lowest BCUT2D eigenvalue weighted by atomic mass is 10.1. The molecule has 150 valence electrons. The predicted molar refractivity (Wildman–Crippen MR) is 104 cm³/mol. The van der Waals surface area contributed by atoms with Crippen molar-refractivity contribution in [3.05, 3.63) is 47.7 Å². The van der Waals surface area contributed by atoms with Gasteiger partial charge in [-0.25, -0.2) is 8.42 Å². The second-order valence-corrected chi connectivity index (χ2v) is 8.69. The van der Waals surface area contributed by atoms with Crippen LogP contribution in [-0.4, -0.2) is 71.7 Å². The maximum atomic E-state index is 12.7. The molecule has 0 radical (unpaired) electrons. The van der Waals surface area contributed by atoms with Crippen molar-refractivity contribution < 1.29 is 18.0 Å². The van der Waals surface area contributed by atoms with Gasteiger partial charge in [0.05, 0.1) is 12.7 Å². The molecule has 1 saturated heterocycles. The Hall–Kier alpha value is -2.72. The Morgan fingerprint density at radius 2 is 1.75 bits per heavy atom. The molecule has 1 fully saturated rings. The Bertz CT molecular complexity index is 963. The molecule has 1 aromatic carbocycles. The number of nitrogens with one attached hydrogen (secondary N) is 1. The first-order valence-corrected chi connectivity index (χ1v) is 10.7. The van der Waals surface area contributed by atoms with E-state index in [0.29, 0.717) is 18.9 Å². The van der Waals surface area contributed by atoms with E-state index in [0.717, 1.165) is 11.8 Å². The summed E-state index contributed by atoms with van der Waals surface area (Å²) in [4.78, 5) is 26.5. The lowest BCUT2D eigenvalue weighted by Crippen LogP contribution is -2.50. The summed E-state index contributed by atoms with van der Waals surface area (Å²) in [6, 6.07) is 10.9. The van der Waals surface area contributed by atoms with Gasteiger partial charge in [-0.3, -0.25) is 14.3 Å². The smallest absolute Gasteiger partial charge is 0.274 e. The summed E-state index contributed by atoms with van der Waals surface area (Å²) in [5, 5.41) is 6.96. The zero-order chi connectivity index (χ0) is 20.3. The Balaban J connectivity index is 1.62. The first kappa shape index (κ1) is 20.0. The van der Waals surface area contributed by atoms with Gasteiger partial charge in [-0.1, -0.05) is 30.3 Å². The van der Waals surface area contributed by atoms with E-state index in [9.17, 15) is 18.0 Å². The van der Waals surface area contributed by atoms with Crippen LogP contribution in [0.25, 0.3) is 0 Å². The molecule has 0 unspecified atom stereocenters. The number of hydrogen-bond acceptors (Lipinski definition) is 5. The van der Waals surface area contributed by atoms with E-state index < -0.39 is 10.0 Å². The van der Waals surface area contributed by atoms with Gasteiger partial charge in [0.2, 0.25) is 15.9 Å². The standard InChI is InChI=1S/C18H23N5O4S/c1-21-16(19-17(24)12-14-6-4-3-5-7-14)13-15(20-21)18(25)22-8-10-23(11-9-22)28(2,26)27/h3-7,13H,8-12H2,1-2H3,(H,19,24). The Kier molecular flexibility index (Phi) is 5.80. The zero-order valence-corrected chi connectivity index (χ0v) is 16.6. The number of carbonyl (C=O) groups excluding carboxylic acids is 2. The molecular weight excluding hydrogens is 382 g/mol. The molecule has 0 saturated carbocycles. The minimum absolute atomic E-state index is 0.199. The molecule has 2 heterocycles. The van der Waals surface area contributed by atoms with Crippen LogP contribution in [0.3, 0.4) is 0 Å². The molecule has 9 nitrogen and oxygen atoms in total. The van der Waals surface area contributed by atoms with E-state index in [1.54, 1.807) is 11.9 Å². The van der Waals surface area contributed by atoms with Gasteiger partial charge in [-0.2, -0.15) is 9.40 Å². The summed E-state index contributed by atoms with van der Waals surface area (Å²) in [6.07, 6.45) is 1.39. The van der Waals surface area contributed by atoms with Gasteiger partial charge in [0.15, 0.2) is 5.69 Å². The maximum Gasteiger partial charge on any atom is 0.274 e. The van der Waals surface area contributed by atoms with Crippen molar-refractivity contribution in [2.45, 2.75) is 6.42 Å². The molecule has 2 amide bonds. The second-order valence-electron chi connectivity index (χ2n) is 6.70. The number of anilines is 1. The fourth-order valence-corrected chi connectivity index (χ4v) is 3.87. The summed E-state index contributed by atoms with van der Waals surface area (Å²) >= 11 is 0. The van der Waals surface area contributed by atoms with Crippen molar-refractivity contribution in [3.63, 3.8) is 0 Å². The molecule has 1 aliphatic heterocycles. The van der Waals surface area contributed by atoms with Gasteiger partial charge in [0, 0.05) is 39.3 Å². The number of carbonyl (C=O) groups is 2. The number of piperazine rings is 1. The highest BCUT2D eigenvalue weighted by Crippen LogP contribution is 2.14. The minimum atomic E-state index is -3.25. The maximum absolute atomic E-state index is 12.7. The predicted octanol–water partition coefficient (Wildman–Crippen LogP) is 0.319. The summed E-state index contributed by atoms with van der Waals surface area (Å²) in [7, 11) is -1.60. The summed E-state index contributed by atoms with van der Waals surface area (Å²) in [5.41, 5.74) is 1.10. The van der Waals surface area contributed by atoms with Crippen LogP contribution in [0.4, 0.5) is 5.82 Å². The number of sulfonamides is 1. The largest absolute Gasteiger partial charge is 0.335 e. The molecule has 0 atom stereocenters. The van der Waals surface area contributed by atoms with Crippen LogP contribution in [0.2, 0.25) is 0 Å². The molecule has 0 aliphatic carbocycles. The molecule has 28 heavy (non-hydrogen) atoms. The average molecular weight is 405 g/mol. The second kappa shape index (κ2) is 8.11. The monoisotopic (exact) mass is 405 g/mol. The molecule has 1 aromatic heterocycles. The molecule has 1 N–H and O–H groups in total. The third-order valence-corrected chi connectivity index (χ3v) is 5.87. The van der Waals surface area contributed by atoms with Crippen LogP contribution < -0.4 is 5.32 Å².